The first-order valence-electron chi connectivity index (χ1n) is 14.6. The average Bonchev–Trinajstić information content (AvgIpc) is 3.96. The second-order valence-corrected chi connectivity index (χ2v) is 10.2. The van der Waals surface area contributed by atoms with Crippen LogP contribution in [0.15, 0.2) is 129 Å². The van der Waals surface area contributed by atoms with Crippen LogP contribution in [-0.4, -0.2) is 63.8 Å². The molecule has 236 valence electrons. The number of nitrogens with zero attached hydrogens (tertiary/aromatic N) is 13. The molecular formula is C33H25F2N13. The molecule has 8 rings (SSSR count). The molecule has 0 spiro atoms. The van der Waals surface area contributed by atoms with Gasteiger partial charge >= 0.3 is 0 Å². The standard InChI is InChI=1S/C17H13FN6.C16H12FN7/c18-14-6-2-1-5-13(14)11-24-17(23-10-9-19-12-23)21-16(22-24)15-7-3-4-8-20-15;17-13-6-2-1-5-12(13)9-23-16(24-11-18-10-20-24)21-15(22-23)14-7-3-4-8-19-14/h1-10,12H,11H2;1-8,10-11H,9H2. The van der Waals surface area contributed by atoms with Crippen molar-refractivity contribution in [2.45, 2.75) is 13.1 Å². The molecule has 0 atom stereocenters. The van der Waals surface area contributed by atoms with Gasteiger partial charge < -0.3 is 0 Å². The molecule has 0 saturated heterocycles. The van der Waals surface area contributed by atoms with Crippen LogP contribution in [-0.2, 0) is 13.1 Å². The third-order valence-electron chi connectivity index (χ3n) is 7.01. The molecule has 0 unspecified atom stereocenters. The molecule has 6 aromatic heterocycles. The highest BCUT2D eigenvalue weighted by atomic mass is 19.1. The summed E-state index contributed by atoms with van der Waals surface area (Å²) in [4.78, 5) is 25.5. The zero-order valence-corrected chi connectivity index (χ0v) is 25.1. The molecule has 0 aliphatic heterocycles. The van der Waals surface area contributed by atoms with Crippen molar-refractivity contribution in [3.63, 3.8) is 0 Å². The maximum atomic E-state index is 14.0. The van der Waals surface area contributed by atoms with Gasteiger partial charge in [-0.15, -0.1) is 10.2 Å². The van der Waals surface area contributed by atoms with Crippen LogP contribution < -0.4 is 0 Å². The van der Waals surface area contributed by atoms with Gasteiger partial charge in [-0.2, -0.15) is 19.7 Å². The lowest BCUT2D eigenvalue weighted by molar-refractivity contribution is 0.575. The molecule has 13 nitrogen and oxygen atoms in total. The van der Waals surface area contributed by atoms with Crippen molar-refractivity contribution < 1.29 is 8.78 Å². The Labute approximate surface area is 271 Å². The molecule has 48 heavy (non-hydrogen) atoms. The number of imidazole rings is 1. The van der Waals surface area contributed by atoms with Crippen LogP contribution in [0, 0.1) is 11.6 Å². The molecule has 0 aliphatic rings. The van der Waals surface area contributed by atoms with Gasteiger partial charge in [0, 0.05) is 35.9 Å². The van der Waals surface area contributed by atoms with Crippen LogP contribution >= 0.6 is 0 Å². The molecule has 8 aromatic rings. The lowest BCUT2D eigenvalue weighted by Crippen LogP contribution is -2.10. The van der Waals surface area contributed by atoms with E-state index in [0.717, 1.165) is 0 Å². The summed E-state index contributed by atoms with van der Waals surface area (Å²) in [6, 6.07) is 24.2. The van der Waals surface area contributed by atoms with Crippen molar-refractivity contribution in [2.75, 3.05) is 0 Å². The van der Waals surface area contributed by atoms with Crippen LogP contribution in [0.5, 0.6) is 0 Å². The van der Waals surface area contributed by atoms with E-state index in [1.54, 1.807) is 81.4 Å². The first-order chi connectivity index (χ1) is 23.6. The van der Waals surface area contributed by atoms with Gasteiger partial charge in [-0.25, -0.2) is 28.1 Å². The molecule has 0 saturated carbocycles. The van der Waals surface area contributed by atoms with E-state index in [9.17, 15) is 8.78 Å². The lowest BCUT2D eigenvalue weighted by atomic mass is 10.2. The minimum Gasteiger partial charge on any atom is -0.275 e. The van der Waals surface area contributed by atoms with Crippen LogP contribution in [0.1, 0.15) is 11.1 Å². The minimum absolute atomic E-state index is 0.224. The summed E-state index contributed by atoms with van der Waals surface area (Å²) in [6.07, 6.45) is 11.3. The average molecular weight is 642 g/mol. The molecule has 6 heterocycles. The zero-order valence-electron chi connectivity index (χ0n) is 25.1. The number of rotatable bonds is 8. The zero-order chi connectivity index (χ0) is 32.7. The molecule has 2 aromatic carbocycles. The SMILES string of the molecule is Fc1ccccc1Cn1nc(-c2ccccn2)nc1-n1ccnc1.Fc1ccccc1Cn1nc(-c2ccccn2)nc1-n1cncn1. The smallest absolute Gasteiger partial charge is 0.251 e. The van der Waals surface area contributed by atoms with Crippen molar-refractivity contribution >= 4 is 0 Å². The van der Waals surface area contributed by atoms with Crippen molar-refractivity contribution in [2.24, 2.45) is 0 Å². The summed E-state index contributed by atoms with van der Waals surface area (Å²) in [5.41, 5.74) is 2.34. The molecule has 0 bridgehead atoms. The predicted octanol–water partition coefficient (Wildman–Crippen LogP) is 4.82. The lowest BCUT2D eigenvalue weighted by Gasteiger charge is -2.06. The predicted molar refractivity (Wildman–Crippen MR) is 170 cm³/mol. The van der Waals surface area contributed by atoms with Crippen LogP contribution in [0.25, 0.3) is 34.9 Å². The highest BCUT2D eigenvalue weighted by Gasteiger charge is 2.17. The van der Waals surface area contributed by atoms with Gasteiger partial charge in [-0.1, -0.05) is 48.5 Å². The Hall–Kier alpha value is -6.77. The van der Waals surface area contributed by atoms with Gasteiger partial charge in [-0.3, -0.25) is 14.5 Å². The fourth-order valence-corrected chi connectivity index (χ4v) is 4.71. The van der Waals surface area contributed by atoms with Gasteiger partial charge in [0.15, 0.2) is 0 Å². The first kappa shape index (κ1) is 29.9. The van der Waals surface area contributed by atoms with Crippen LogP contribution in [0.4, 0.5) is 8.78 Å². The Kier molecular flexibility index (Phi) is 8.54. The maximum Gasteiger partial charge on any atom is 0.251 e. The van der Waals surface area contributed by atoms with Crippen molar-refractivity contribution in [1.82, 2.24) is 63.8 Å². The fourth-order valence-electron chi connectivity index (χ4n) is 4.71. The normalized spacial score (nSPS) is 10.9. The molecule has 0 aliphatic carbocycles. The Balaban J connectivity index is 0.000000152. The number of pyridine rings is 2. The Morgan fingerprint density at radius 2 is 1.12 bits per heavy atom. The summed E-state index contributed by atoms with van der Waals surface area (Å²) in [5.74, 6) is 1.35. The van der Waals surface area contributed by atoms with Crippen molar-refractivity contribution in [1.29, 1.82) is 0 Å². The van der Waals surface area contributed by atoms with Crippen LogP contribution in [0.3, 0.4) is 0 Å². The summed E-state index contributed by atoms with van der Waals surface area (Å²) in [6.45, 7) is 0.488. The van der Waals surface area contributed by atoms with E-state index in [2.05, 4.69) is 45.2 Å². The Morgan fingerprint density at radius 3 is 1.62 bits per heavy atom. The van der Waals surface area contributed by atoms with E-state index >= 15 is 0 Å². The van der Waals surface area contributed by atoms with Gasteiger partial charge in [0.05, 0.1) is 13.1 Å². The van der Waals surface area contributed by atoms with E-state index in [1.807, 2.05) is 36.4 Å². The van der Waals surface area contributed by atoms with Gasteiger partial charge in [-0.05, 0) is 36.4 Å². The van der Waals surface area contributed by atoms with Gasteiger partial charge in [0.2, 0.25) is 17.6 Å². The second kappa shape index (κ2) is 13.7. The largest absolute Gasteiger partial charge is 0.275 e. The maximum absolute atomic E-state index is 14.0. The quantitative estimate of drug-likeness (QED) is 0.229. The number of halogens is 2. The highest BCUT2D eigenvalue weighted by Crippen LogP contribution is 2.19. The molecule has 0 radical (unpaired) electrons. The fraction of sp³-hybridized carbons (Fsp3) is 0.0606. The highest BCUT2D eigenvalue weighted by molar-refractivity contribution is 5.50. The van der Waals surface area contributed by atoms with E-state index in [0.29, 0.717) is 46.1 Å². The minimum atomic E-state index is -0.295. The third kappa shape index (κ3) is 6.60. The van der Waals surface area contributed by atoms with E-state index in [4.69, 9.17) is 0 Å². The number of aromatic nitrogens is 13. The summed E-state index contributed by atoms with van der Waals surface area (Å²) >= 11 is 0. The first-order valence-corrected chi connectivity index (χ1v) is 14.6. The Morgan fingerprint density at radius 1 is 0.562 bits per heavy atom. The van der Waals surface area contributed by atoms with Gasteiger partial charge in [0.25, 0.3) is 5.95 Å². The number of hydrogen-bond donors (Lipinski definition) is 0. The van der Waals surface area contributed by atoms with E-state index in [1.165, 1.54) is 29.5 Å². The van der Waals surface area contributed by atoms with Crippen molar-refractivity contribution in [3.8, 4) is 34.9 Å². The Bertz CT molecular complexity index is 2050. The number of hydrogen-bond acceptors (Lipinski definition) is 9. The monoisotopic (exact) mass is 641 g/mol. The van der Waals surface area contributed by atoms with Crippen molar-refractivity contribution in [3.05, 3.63) is 151 Å². The van der Waals surface area contributed by atoms with E-state index < -0.39 is 0 Å². The summed E-state index contributed by atoms with van der Waals surface area (Å²) < 4.78 is 34.4. The summed E-state index contributed by atoms with van der Waals surface area (Å²) in [5, 5.41) is 13.0. The molecule has 0 N–H and O–H groups in total. The van der Waals surface area contributed by atoms with E-state index in [-0.39, 0.29) is 24.7 Å². The molecule has 0 fully saturated rings. The molecule has 15 heteroatoms. The number of benzene rings is 2. The molecule has 0 amide bonds. The topological polar surface area (TPSA) is 136 Å². The van der Waals surface area contributed by atoms with Gasteiger partial charge in [0.1, 0.15) is 42.0 Å². The summed E-state index contributed by atoms with van der Waals surface area (Å²) in [7, 11) is 0. The molecular weight excluding hydrogens is 616 g/mol. The van der Waals surface area contributed by atoms with Crippen LogP contribution in [0.2, 0.25) is 0 Å². The second-order valence-electron chi connectivity index (χ2n) is 10.2. The third-order valence-corrected chi connectivity index (χ3v) is 7.01.